The van der Waals surface area contributed by atoms with Crippen LogP contribution in [0.4, 0.5) is 5.69 Å². The fourth-order valence-electron chi connectivity index (χ4n) is 3.47. The Morgan fingerprint density at radius 1 is 1.12 bits per heavy atom. The predicted molar refractivity (Wildman–Crippen MR) is 128 cm³/mol. The number of hydrogen-bond donors (Lipinski definition) is 1. The summed E-state index contributed by atoms with van der Waals surface area (Å²) < 4.78 is 37.4. The fourth-order valence-corrected chi connectivity index (χ4v) is 4.68. The average molecular weight is 463 g/mol. The van der Waals surface area contributed by atoms with Crippen LogP contribution >= 0.6 is 0 Å². The van der Waals surface area contributed by atoms with Crippen molar-refractivity contribution in [2.24, 2.45) is 0 Å². The van der Waals surface area contributed by atoms with Crippen LogP contribution in [0.5, 0.6) is 11.5 Å². The molecule has 32 heavy (non-hydrogen) atoms. The van der Waals surface area contributed by atoms with E-state index in [1.165, 1.54) is 7.11 Å². The summed E-state index contributed by atoms with van der Waals surface area (Å²) in [6, 6.07) is 13.6. The van der Waals surface area contributed by atoms with Gasteiger partial charge in [-0.3, -0.25) is 9.10 Å². The summed E-state index contributed by atoms with van der Waals surface area (Å²) in [4.78, 5) is 12.9. The van der Waals surface area contributed by atoms with Crippen LogP contribution in [0.3, 0.4) is 0 Å². The zero-order chi connectivity index (χ0) is 23.9. The number of sulfonamides is 1. The second kappa shape index (κ2) is 10.7. The van der Waals surface area contributed by atoms with Gasteiger partial charge in [-0.25, -0.2) is 8.42 Å². The van der Waals surface area contributed by atoms with E-state index in [-0.39, 0.29) is 24.5 Å². The summed E-state index contributed by atoms with van der Waals surface area (Å²) in [5, 5.41) is 2.81. The maximum Gasteiger partial charge on any atom is 0.244 e. The fraction of sp³-hybridized carbons (Fsp3) is 0.458. The number of anilines is 1. The Labute approximate surface area is 191 Å². The SMILES string of the molecule is CCC(C(=O)NCCOc1ccccc1C(C)(C)C)N(c1cccc(OC)c1)S(C)(=O)=O. The van der Waals surface area contributed by atoms with E-state index < -0.39 is 16.1 Å². The third kappa shape index (κ3) is 6.63. The van der Waals surface area contributed by atoms with Crippen molar-refractivity contribution in [3.63, 3.8) is 0 Å². The predicted octanol–water partition coefficient (Wildman–Crippen LogP) is 3.73. The molecular weight excluding hydrogens is 428 g/mol. The second-order valence-corrected chi connectivity index (χ2v) is 10.4. The molecule has 0 heterocycles. The third-order valence-electron chi connectivity index (χ3n) is 4.99. The minimum atomic E-state index is -3.71. The highest BCUT2D eigenvalue weighted by Crippen LogP contribution is 2.31. The van der Waals surface area contributed by atoms with Gasteiger partial charge in [-0.2, -0.15) is 0 Å². The number of benzene rings is 2. The monoisotopic (exact) mass is 462 g/mol. The molecular formula is C24H34N2O5S. The van der Waals surface area contributed by atoms with Crippen molar-refractivity contribution < 1.29 is 22.7 Å². The van der Waals surface area contributed by atoms with Gasteiger partial charge >= 0.3 is 0 Å². The number of hydrogen-bond acceptors (Lipinski definition) is 5. The number of carbonyl (C=O) groups excluding carboxylic acids is 1. The lowest BCUT2D eigenvalue weighted by Crippen LogP contribution is -2.50. The van der Waals surface area contributed by atoms with E-state index in [1.807, 2.05) is 24.3 Å². The second-order valence-electron chi connectivity index (χ2n) is 8.57. The lowest BCUT2D eigenvalue weighted by molar-refractivity contribution is -0.122. The zero-order valence-corrected chi connectivity index (χ0v) is 20.5. The summed E-state index contributed by atoms with van der Waals surface area (Å²) in [6.45, 7) is 8.64. The van der Waals surface area contributed by atoms with Crippen LogP contribution in [-0.4, -0.2) is 46.9 Å². The molecule has 1 amide bonds. The number of rotatable bonds is 10. The molecule has 1 N–H and O–H groups in total. The van der Waals surface area contributed by atoms with Crippen molar-refractivity contribution in [1.82, 2.24) is 5.32 Å². The molecule has 0 spiro atoms. The van der Waals surface area contributed by atoms with Crippen molar-refractivity contribution in [2.75, 3.05) is 30.8 Å². The highest BCUT2D eigenvalue weighted by Gasteiger charge is 2.31. The molecule has 2 aromatic carbocycles. The Morgan fingerprint density at radius 2 is 1.81 bits per heavy atom. The van der Waals surface area contributed by atoms with Crippen molar-refractivity contribution in [3.05, 3.63) is 54.1 Å². The number of para-hydroxylation sites is 1. The van der Waals surface area contributed by atoms with Gasteiger partial charge in [-0.1, -0.05) is 52.0 Å². The molecule has 0 saturated carbocycles. The Kier molecular flexibility index (Phi) is 8.55. The molecule has 0 saturated heterocycles. The average Bonchev–Trinajstić information content (AvgIpc) is 2.73. The standard InChI is InChI=1S/C24H34N2O5S/c1-7-21(26(32(6,28)29)18-11-10-12-19(17-18)30-5)23(27)25-15-16-31-22-14-9-8-13-20(22)24(2,3)4/h8-14,17,21H,7,15-16H2,1-6H3,(H,25,27). The molecule has 0 aromatic heterocycles. The van der Waals surface area contributed by atoms with Crippen LogP contribution in [0.2, 0.25) is 0 Å². The normalized spacial score (nSPS) is 12.7. The molecule has 0 aliphatic heterocycles. The van der Waals surface area contributed by atoms with Crippen LogP contribution in [0.15, 0.2) is 48.5 Å². The summed E-state index contributed by atoms with van der Waals surface area (Å²) in [6.07, 6.45) is 1.40. The molecule has 1 atom stereocenters. The minimum Gasteiger partial charge on any atom is -0.497 e. The van der Waals surface area contributed by atoms with E-state index in [2.05, 4.69) is 26.1 Å². The van der Waals surface area contributed by atoms with Crippen molar-refractivity contribution >= 4 is 21.6 Å². The summed E-state index contributed by atoms with van der Waals surface area (Å²) in [5.74, 6) is 0.904. The summed E-state index contributed by atoms with van der Waals surface area (Å²) in [7, 11) is -2.20. The molecule has 7 nitrogen and oxygen atoms in total. The molecule has 0 aliphatic carbocycles. The first-order valence-electron chi connectivity index (χ1n) is 10.6. The van der Waals surface area contributed by atoms with Crippen molar-refractivity contribution in [3.8, 4) is 11.5 Å². The van der Waals surface area contributed by atoms with Gasteiger partial charge in [0.05, 0.1) is 25.6 Å². The van der Waals surface area contributed by atoms with E-state index in [9.17, 15) is 13.2 Å². The van der Waals surface area contributed by atoms with Crippen LogP contribution in [-0.2, 0) is 20.2 Å². The van der Waals surface area contributed by atoms with Gasteiger partial charge in [-0.15, -0.1) is 0 Å². The molecule has 8 heteroatoms. The summed E-state index contributed by atoms with van der Waals surface area (Å²) >= 11 is 0. The first kappa shape index (κ1) is 25.5. The first-order valence-corrected chi connectivity index (χ1v) is 12.5. The van der Waals surface area contributed by atoms with Gasteiger partial charge in [0.1, 0.15) is 24.1 Å². The Balaban J connectivity index is 2.10. The molecule has 0 fully saturated rings. The molecule has 2 aromatic rings. The highest BCUT2D eigenvalue weighted by molar-refractivity contribution is 7.92. The van der Waals surface area contributed by atoms with E-state index >= 15 is 0 Å². The van der Waals surface area contributed by atoms with Gasteiger partial charge in [0.15, 0.2) is 0 Å². The summed E-state index contributed by atoms with van der Waals surface area (Å²) in [5.41, 5.74) is 1.39. The van der Waals surface area contributed by atoms with Crippen LogP contribution in [0, 0.1) is 0 Å². The topological polar surface area (TPSA) is 84.9 Å². The number of carbonyl (C=O) groups is 1. The Hall–Kier alpha value is -2.74. The number of nitrogens with one attached hydrogen (secondary N) is 1. The van der Waals surface area contributed by atoms with E-state index in [0.717, 1.165) is 21.9 Å². The third-order valence-corrected chi connectivity index (χ3v) is 6.17. The van der Waals surface area contributed by atoms with E-state index in [4.69, 9.17) is 9.47 Å². The highest BCUT2D eigenvalue weighted by atomic mass is 32.2. The van der Waals surface area contributed by atoms with Gasteiger partial charge in [-0.05, 0) is 35.6 Å². The van der Waals surface area contributed by atoms with E-state index in [1.54, 1.807) is 31.2 Å². The lowest BCUT2D eigenvalue weighted by Gasteiger charge is -2.30. The quantitative estimate of drug-likeness (QED) is 0.544. The maximum absolute atomic E-state index is 12.9. The van der Waals surface area contributed by atoms with Crippen LogP contribution in [0.25, 0.3) is 0 Å². The molecule has 0 bridgehead atoms. The molecule has 1 unspecified atom stereocenters. The molecule has 0 radical (unpaired) electrons. The number of methoxy groups -OCH3 is 1. The van der Waals surface area contributed by atoms with Crippen molar-refractivity contribution in [2.45, 2.75) is 45.6 Å². The van der Waals surface area contributed by atoms with Crippen molar-refractivity contribution in [1.29, 1.82) is 0 Å². The molecule has 176 valence electrons. The lowest BCUT2D eigenvalue weighted by atomic mass is 9.86. The maximum atomic E-state index is 12.9. The zero-order valence-electron chi connectivity index (χ0n) is 19.7. The van der Waals surface area contributed by atoms with E-state index in [0.29, 0.717) is 17.9 Å². The smallest absolute Gasteiger partial charge is 0.244 e. The minimum absolute atomic E-state index is 0.0696. The Morgan fingerprint density at radius 3 is 2.41 bits per heavy atom. The largest absolute Gasteiger partial charge is 0.497 e. The molecule has 2 rings (SSSR count). The van der Waals surface area contributed by atoms with Gasteiger partial charge in [0.2, 0.25) is 15.9 Å². The van der Waals surface area contributed by atoms with Crippen LogP contribution in [0.1, 0.15) is 39.7 Å². The molecule has 0 aliphatic rings. The first-order chi connectivity index (χ1) is 15.0. The van der Waals surface area contributed by atoms with Gasteiger partial charge in [0.25, 0.3) is 0 Å². The number of ether oxygens (including phenoxy) is 2. The number of amides is 1. The Bertz CT molecular complexity index is 1020. The van der Waals surface area contributed by atoms with Gasteiger partial charge < -0.3 is 14.8 Å². The van der Waals surface area contributed by atoms with Gasteiger partial charge in [0, 0.05) is 6.07 Å². The number of nitrogens with zero attached hydrogens (tertiary/aromatic N) is 1. The van der Waals surface area contributed by atoms with Crippen LogP contribution < -0.4 is 19.1 Å².